The van der Waals surface area contributed by atoms with Crippen LogP contribution in [0.2, 0.25) is 0 Å². The first-order chi connectivity index (χ1) is 14.2. The molecular formula is C20H21N5O4. The zero-order valence-electron chi connectivity index (χ0n) is 16.2. The molecule has 0 spiro atoms. The normalized spacial score (nSPS) is 13.0. The smallest absolute Gasteiger partial charge is 0.260 e. The first kappa shape index (κ1) is 18.7. The predicted octanol–water partition coefficient (Wildman–Crippen LogP) is 1.64. The molecule has 0 radical (unpaired) electrons. The molecule has 1 aromatic heterocycles. The summed E-state index contributed by atoms with van der Waals surface area (Å²) in [6.45, 7) is 1.11. The van der Waals surface area contributed by atoms with Crippen LogP contribution in [0.5, 0.6) is 17.2 Å². The SMILES string of the molecule is COc1cc2c(cc1OC)CN(C(=O)COc1cccc(-n3cnnn3)c1)CC2. The third kappa shape index (κ3) is 3.98. The lowest BCUT2D eigenvalue weighted by Gasteiger charge is -2.29. The minimum atomic E-state index is -0.0711. The van der Waals surface area contributed by atoms with E-state index in [-0.39, 0.29) is 12.5 Å². The summed E-state index contributed by atoms with van der Waals surface area (Å²) in [6, 6.07) is 11.2. The average molecular weight is 395 g/mol. The molecule has 9 nitrogen and oxygen atoms in total. The van der Waals surface area contributed by atoms with Crippen molar-refractivity contribution >= 4 is 5.91 Å². The van der Waals surface area contributed by atoms with Crippen molar-refractivity contribution in [3.63, 3.8) is 0 Å². The number of ether oxygens (including phenoxy) is 3. The average Bonchev–Trinajstić information content (AvgIpc) is 3.31. The Labute approximate surface area is 167 Å². The summed E-state index contributed by atoms with van der Waals surface area (Å²) < 4.78 is 18.0. The molecule has 0 N–H and O–H groups in total. The molecular weight excluding hydrogens is 374 g/mol. The van der Waals surface area contributed by atoms with Gasteiger partial charge in [-0.2, -0.15) is 0 Å². The van der Waals surface area contributed by atoms with E-state index in [0.717, 1.165) is 17.7 Å². The third-order valence-electron chi connectivity index (χ3n) is 4.86. The Bertz CT molecular complexity index is 1010. The number of amides is 1. The van der Waals surface area contributed by atoms with Gasteiger partial charge in [0.05, 0.1) is 19.9 Å². The van der Waals surface area contributed by atoms with Crippen LogP contribution >= 0.6 is 0 Å². The molecule has 2 aromatic carbocycles. The number of nitrogens with zero attached hydrogens (tertiary/aromatic N) is 5. The monoisotopic (exact) mass is 395 g/mol. The van der Waals surface area contributed by atoms with Gasteiger partial charge in [0.15, 0.2) is 18.1 Å². The molecule has 0 bridgehead atoms. The minimum Gasteiger partial charge on any atom is -0.493 e. The van der Waals surface area contributed by atoms with E-state index < -0.39 is 0 Å². The number of benzene rings is 2. The van der Waals surface area contributed by atoms with E-state index in [0.29, 0.717) is 30.3 Å². The Kier molecular flexibility index (Phi) is 5.28. The van der Waals surface area contributed by atoms with Gasteiger partial charge in [-0.15, -0.1) is 5.10 Å². The Hall–Kier alpha value is -3.62. The highest BCUT2D eigenvalue weighted by molar-refractivity contribution is 5.78. The standard InChI is InChI=1S/C20H21N5O4/c1-27-18-8-14-6-7-24(11-15(14)9-19(18)28-2)20(26)12-29-17-5-3-4-16(10-17)25-13-21-22-23-25/h3-5,8-10,13H,6-7,11-12H2,1-2H3. The van der Waals surface area contributed by atoms with Crippen molar-refractivity contribution in [3.05, 3.63) is 53.9 Å². The highest BCUT2D eigenvalue weighted by Crippen LogP contribution is 2.33. The number of hydrogen-bond donors (Lipinski definition) is 0. The summed E-state index contributed by atoms with van der Waals surface area (Å²) in [5, 5.41) is 11.1. The molecule has 150 valence electrons. The van der Waals surface area contributed by atoms with Gasteiger partial charge in [0.25, 0.3) is 5.91 Å². The van der Waals surface area contributed by atoms with Gasteiger partial charge in [0, 0.05) is 19.2 Å². The van der Waals surface area contributed by atoms with Crippen molar-refractivity contribution in [1.29, 1.82) is 0 Å². The number of carbonyl (C=O) groups is 1. The lowest BCUT2D eigenvalue weighted by molar-refractivity contribution is -0.134. The lowest BCUT2D eigenvalue weighted by Crippen LogP contribution is -2.38. The zero-order valence-corrected chi connectivity index (χ0v) is 16.2. The predicted molar refractivity (Wildman–Crippen MR) is 103 cm³/mol. The van der Waals surface area contributed by atoms with Crippen molar-refractivity contribution in [2.24, 2.45) is 0 Å². The molecule has 1 aliphatic rings. The molecule has 1 amide bonds. The number of hydrogen-bond acceptors (Lipinski definition) is 7. The van der Waals surface area contributed by atoms with Crippen molar-refractivity contribution < 1.29 is 19.0 Å². The van der Waals surface area contributed by atoms with Crippen molar-refractivity contribution in [1.82, 2.24) is 25.1 Å². The van der Waals surface area contributed by atoms with Crippen LogP contribution in [0.1, 0.15) is 11.1 Å². The molecule has 29 heavy (non-hydrogen) atoms. The van der Waals surface area contributed by atoms with E-state index in [9.17, 15) is 4.79 Å². The van der Waals surface area contributed by atoms with Crippen molar-refractivity contribution in [2.75, 3.05) is 27.4 Å². The van der Waals surface area contributed by atoms with E-state index in [1.54, 1.807) is 31.3 Å². The minimum absolute atomic E-state index is 0.0400. The van der Waals surface area contributed by atoms with E-state index in [1.165, 1.54) is 16.6 Å². The molecule has 0 saturated heterocycles. The summed E-state index contributed by atoms with van der Waals surface area (Å²) >= 11 is 0. The summed E-state index contributed by atoms with van der Waals surface area (Å²) in [6.07, 6.45) is 2.26. The number of aromatic nitrogens is 4. The van der Waals surface area contributed by atoms with Crippen LogP contribution < -0.4 is 14.2 Å². The second kappa shape index (κ2) is 8.17. The van der Waals surface area contributed by atoms with Gasteiger partial charge in [-0.1, -0.05) is 6.07 Å². The second-order valence-electron chi connectivity index (χ2n) is 6.58. The van der Waals surface area contributed by atoms with Crippen molar-refractivity contribution in [3.8, 4) is 22.9 Å². The molecule has 0 atom stereocenters. The molecule has 0 saturated carbocycles. The van der Waals surface area contributed by atoms with Gasteiger partial charge in [-0.05, 0) is 52.2 Å². The fourth-order valence-electron chi connectivity index (χ4n) is 3.33. The summed E-state index contributed by atoms with van der Waals surface area (Å²) in [4.78, 5) is 14.5. The summed E-state index contributed by atoms with van der Waals surface area (Å²) in [5.41, 5.74) is 2.98. The molecule has 1 aliphatic heterocycles. The number of carbonyl (C=O) groups excluding carboxylic acids is 1. The van der Waals surface area contributed by atoms with E-state index in [4.69, 9.17) is 14.2 Å². The van der Waals surface area contributed by atoms with Gasteiger partial charge in [0.2, 0.25) is 0 Å². The number of methoxy groups -OCH3 is 2. The number of rotatable bonds is 6. The molecule has 4 rings (SSSR count). The van der Waals surface area contributed by atoms with Crippen LogP contribution in [-0.2, 0) is 17.8 Å². The molecule has 9 heteroatoms. The molecule has 0 fully saturated rings. The highest BCUT2D eigenvalue weighted by Gasteiger charge is 2.23. The molecule has 2 heterocycles. The molecule has 0 unspecified atom stereocenters. The fourth-order valence-corrected chi connectivity index (χ4v) is 3.33. The highest BCUT2D eigenvalue weighted by atomic mass is 16.5. The van der Waals surface area contributed by atoms with E-state index >= 15 is 0 Å². The zero-order chi connectivity index (χ0) is 20.2. The quantitative estimate of drug-likeness (QED) is 0.627. The second-order valence-corrected chi connectivity index (χ2v) is 6.58. The van der Waals surface area contributed by atoms with Crippen molar-refractivity contribution in [2.45, 2.75) is 13.0 Å². The van der Waals surface area contributed by atoms with Gasteiger partial charge >= 0.3 is 0 Å². The van der Waals surface area contributed by atoms with E-state index in [1.807, 2.05) is 24.3 Å². The Morgan fingerprint density at radius 2 is 1.90 bits per heavy atom. The van der Waals surface area contributed by atoms with Crippen LogP contribution in [0, 0.1) is 0 Å². The molecule has 3 aromatic rings. The van der Waals surface area contributed by atoms with Gasteiger partial charge in [-0.25, -0.2) is 4.68 Å². The van der Waals surface area contributed by atoms with Gasteiger partial charge in [0.1, 0.15) is 12.1 Å². The topological polar surface area (TPSA) is 91.6 Å². The molecule has 0 aliphatic carbocycles. The fraction of sp³-hybridized carbons (Fsp3) is 0.300. The maximum absolute atomic E-state index is 12.7. The Morgan fingerprint density at radius 1 is 1.10 bits per heavy atom. The Balaban J connectivity index is 1.41. The number of fused-ring (bicyclic) bond motifs is 1. The summed E-state index contributed by atoms with van der Waals surface area (Å²) in [7, 11) is 3.22. The summed E-state index contributed by atoms with van der Waals surface area (Å²) in [5.74, 6) is 1.88. The van der Waals surface area contributed by atoms with Crippen LogP contribution in [-0.4, -0.2) is 58.4 Å². The maximum Gasteiger partial charge on any atom is 0.260 e. The lowest BCUT2D eigenvalue weighted by atomic mass is 9.99. The van der Waals surface area contributed by atoms with Crippen LogP contribution in [0.3, 0.4) is 0 Å². The van der Waals surface area contributed by atoms with Gasteiger partial charge in [-0.3, -0.25) is 4.79 Å². The first-order valence-electron chi connectivity index (χ1n) is 9.15. The van der Waals surface area contributed by atoms with Crippen LogP contribution in [0.15, 0.2) is 42.7 Å². The van der Waals surface area contributed by atoms with Gasteiger partial charge < -0.3 is 19.1 Å². The van der Waals surface area contributed by atoms with Crippen LogP contribution in [0.25, 0.3) is 5.69 Å². The largest absolute Gasteiger partial charge is 0.493 e. The maximum atomic E-state index is 12.7. The number of tetrazole rings is 1. The Morgan fingerprint density at radius 3 is 2.62 bits per heavy atom. The van der Waals surface area contributed by atoms with E-state index in [2.05, 4.69) is 15.5 Å². The third-order valence-corrected chi connectivity index (χ3v) is 4.86. The first-order valence-corrected chi connectivity index (χ1v) is 9.15. The van der Waals surface area contributed by atoms with Crippen LogP contribution in [0.4, 0.5) is 0 Å².